The highest BCUT2D eigenvalue weighted by Gasteiger charge is 2.39. The number of amidine groups is 1. The Kier molecular flexibility index (Phi) is 3.06. The van der Waals surface area contributed by atoms with Gasteiger partial charge in [0.25, 0.3) is 0 Å². The van der Waals surface area contributed by atoms with Crippen LogP contribution in [0.3, 0.4) is 0 Å². The van der Waals surface area contributed by atoms with Gasteiger partial charge in [0.15, 0.2) is 0 Å². The Morgan fingerprint density at radius 1 is 1.40 bits per heavy atom. The van der Waals surface area contributed by atoms with Gasteiger partial charge in [-0.15, -0.1) is 0 Å². The van der Waals surface area contributed by atoms with Gasteiger partial charge in [0, 0.05) is 6.42 Å². The molecule has 0 fully saturated rings. The quantitative estimate of drug-likeness (QED) is 0.412. The molecule has 0 radical (unpaired) electrons. The first kappa shape index (κ1) is 11.2. The second-order valence-corrected chi connectivity index (χ2v) is 3.24. The summed E-state index contributed by atoms with van der Waals surface area (Å²) < 4.78 is 0. The molecule has 0 spiro atoms. The molecule has 0 saturated carbocycles. The van der Waals surface area contributed by atoms with Crippen LogP contribution in [0.4, 0.5) is 0 Å². The van der Waals surface area contributed by atoms with Gasteiger partial charge in [-0.05, 0) is 5.56 Å². The largest absolute Gasteiger partial charge is 0.479 e. The second kappa shape index (κ2) is 4.10. The van der Waals surface area contributed by atoms with E-state index in [1.807, 2.05) is 0 Å². The standard InChI is InChI=1S/C10H12N2O3/c11-8(12)10(15,9(13)14)6-7-4-2-1-3-5-7/h1-5,15H,6H2,(H3,11,12)(H,13,14). The van der Waals surface area contributed by atoms with Gasteiger partial charge in [-0.25, -0.2) is 4.79 Å². The first-order valence-corrected chi connectivity index (χ1v) is 4.31. The minimum absolute atomic E-state index is 0.210. The van der Waals surface area contributed by atoms with E-state index in [0.717, 1.165) is 0 Å². The summed E-state index contributed by atoms with van der Waals surface area (Å²) >= 11 is 0. The number of hydrogen-bond donors (Lipinski definition) is 4. The van der Waals surface area contributed by atoms with E-state index in [0.29, 0.717) is 5.56 Å². The van der Waals surface area contributed by atoms with Gasteiger partial charge in [-0.3, -0.25) is 5.41 Å². The first-order chi connectivity index (χ1) is 6.97. The summed E-state index contributed by atoms with van der Waals surface area (Å²) in [5.41, 5.74) is 3.36. The molecule has 1 aromatic carbocycles. The van der Waals surface area contributed by atoms with E-state index in [-0.39, 0.29) is 6.42 Å². The number of aliphatic carboxylic acids is 1. The maximum atomic E-state index is 10.8. The number of aliphatic hydroxyl groups is 1. The zero-order chi connectivity index (χ0) is 11.5. The zero-order valence-electron chi connectivity index (χ0n) is 7.97. The van der Waals surface area contributed by atoms with Crippen molar-refractivity contribution in [1.82, 2.24) is 0 Å². The van der Waals surface area contributed by atoms with E-state index in [1.54, 1.807) is 30.3 Å². The van der Waals surface area contributed by atoms with Gasteiger partial charge in [-0.2, -0.15) is 0 Å². The normalized spacial score (nSPS) is 14.2. The van der Waals surface area contributed by atoms with Crippen molar-refractivity contribution in [3.8, 4) is 0 Å². The molecule has 0 aliphatic heterocycles. The molecule has 1 rings (SSSR count). The summed E-state index contributed by atoms with van der Waals surface area (Å²) in [6, 6.07) is 8.54. The lowest BCUT2D eigenvalue weighted by Gasteiger charge is -2.21. The molecule has 0 aliphatic carbocycles. The predicted octanol–water partition coefficient (Wildman–Crippen LogP) is -0.0192. The third-order valence-corrected chi connectivity index (χ3v) is 2.10. The minimum atomic E-state index is -2.32. The molecule has 0 amide bonds. The minimum Gasteiger partial charge on any atom is -0.479 e. The molecule has 0 bridgehead atoms. The van der Waals surface area contributed by atoms with Crippen molar-refractivity contribution in [3.05, 3.63) is 35.9 Å². The molecular weight excluding hydrogens is 196 g/mol. The Bertz CT molecular complexity index is 362. The maximum Gasteiger partial charge on any atom is 0.344 e. The van der Waals surface area contributed by atoms with Crippen LogP contribution in [0.15, 0.2) is 30.3 Å². The van der Waals surface area contributed by atoms with Crippen molar-refractivity contribution in [3.63, 3.8) is 0 Å². The first-order valence-electron chi connectivity index (χ1n) is 4.31. The third-order valence-electron chi connectivity index (χ3n) is 2.10. The summed E-state index contributed by atoms with van der Waals surface area (Å²) in [5.74, 6) is -2.28. The van der Waals surface area contributed by atoms with Crippen molar-refractivity contribution in [2.24, 2.45) is 5.73 Å². The maximum absolute atomic E-state index is 10.8. The van der Waals surface area contributed by atoms with E-state index in [4.69, 9.17) is 16.2 Å². The molecule has 0 heterocycles. The van der Waals surface area contributed by atoms with Crippen LogP contribution < -0.4 is 5.73 Å². The van der Waals surface area contributed by atoms with Gasteiger partial charge in [-0.1, -0.05) is 30.3 Å². The number of carboxylic acid groups (broad SMARTS) is 1. The average Bonchev–Trinajstić information content (AvgIpc) is 2.18. The third kappa shape index (κ3) is 2.32. The number of carbonyl (C=O) groups is 1. The lowest BCUT2D eigenvalue weighted by molar-refractivity contribution is -0.151. The molecule has 5 nitrogen and oxygen atoms in total. The van der Waals surface area contributed by atoms with Crippen molar-refractivity contribution in [2.75, 3.05) is 0 Å². The Morgan fingerprint density at radius 2 is 1.93 bits per heavy atom. The highest BCUT2D eigenvalue weighted by Crippen LogP contribution is 2.13. The van der Waals surface area contributed by atoms with E-state index in [9.17, 15) is 9.90 Å². The summed E-state index contributed by atoms with van der Waals surface area (Å²) in [4.78, 5) is 10.8. The van der Waals surface area contributed by atoms with Crippen molar-refractivity contribution in [2.45, 2.75) is 12.0 Å². The Balaban J connectivity index is 2.95. The van der Waals surface area contributed by atoms with Crippen LogP contribution in [0.1, 0.15) is 5.56 Å². The van der Waals surface area contributed by atoms with Gasteiger partial charge in [0.2, 0.25) is 5.60 Å². The summed E-state index contributed by atoms with van der Waals surface area (Å²) in [6.07, 6.45) is -0.210. The van der Waals surface area contributed by atoms with Gasteiger partial charge >= 0.3 is 5.97 Å². The Labute approximate surface area is 86.7 Å². The highest BCUT2D eigenvalue weighted by atomic mass is 16.4. The molecule has 1 unspecified atom stereocenters. The molecule has 80 valence electrons. The van der Waals surface area contributed by atoms with E-state index in [1.165, 1.54) is 0 Å². The van der Waals surface area contributed by atoms with Crippen molar-refractivity contribution in [1.29, 1.82) is 5.41 Å². The lowest BCUT2D eigenvalue weighted by Crippen LogP contribution is -2.52. The molecule has 0 saturated heterocycles. The zero-order valence-corrected chi connectivity index (χ0v) is 7.97. The Hall–Kier alpha value is -1.88. The molecule has 1 aromatic rings. The van der Waals surface area contributed by atoms with E-state index >= 15 is 0 Å². The van der Waals surface area contributed by atoms with Gasteiger partial charge in [0.05, 0.1) is 0 Å². The Morgan fingerprint density at radius 3 is 2.33 bits per heavy atom. The molecule has 0 aliphatic rings. The van der Waals surface area contributed by atoms with Crippen LogP contribution >= 0.6 is 0 Å². The van der Waals surface area contributed by atoms with E-state index < -0.39 is 17.4 Å². The summed E-state index contributed by atoms with van der Waals surface area (Å²) in [5, 5.41) is 25.5. The fraction of sp³-hybridized carbons (Fsp3) is 0.200. The van der Waals surface area contributed by atoms with Crippen LogP contribution in [0.2, 0.25) is 0 Å². The molecular formula is C10H12N2O3. The monoisotopic (exact) mass is 208 g/mol. The van der Waals surface area contributed by atoms with Crippen molar-refractivity contribution >= 4 is 11.8 Å². The fourth-order valence-corrected chi connectivity index (χ4v) is 1.18. The van der Waals surface area contributed by atoms with Gasteiger partial charge < -0.3 is 15.9 Å². The van der Waals surface area contributed by atoms with Crippen LogP contribution in [0, 0.1) is 5.41 Å². The average molecular weight is 208 g/mol. The lowest BCUT2D eigenvalue weighted by atomic mass is 9.93. The highest BCUT2D eigenvalue weighted by molar-refractivity contribution is 6.05. The number of nitrogens with one attached hydrogen (secondary N) is 1. The van der Waals surface area contributed by atoms with Crippen LogP contribution in [-0.2, 0) is 11.2 Å². The number of benzene rings is 1. The number of carboxylic acids is 1. The molecule has 15 heavy (non-hydrogen) atoms. The number of rotatable bonds is 4. The van der Waals surface area contributed by atoms with Crippen molar-refractivity contribution < 1.29 is 15.0 Å². The second-order valence-electron chi connectivity index (χ2n) is 3.24. The fourth-order valence-electron chi connectivity index (χ4n) is 1.18. The number of hydrogen-bond acceptors (Lipinski definition) is 3. The van der Waals surface area contributed by atoms with Crippen LogP contribution in [-0.4, -0.2) is 27.6 Å². The molecule has 5 N–H and O–H groups in total. The predicted molar refractivity (Wildman–Crippen MR) is 54.6 cm³/mol. The summed E-state index contributed by atoms with van der Waals surface area (Å²) in [7, 11) is 0. The van der Waals surface area contributed by atoms with Crippen LogP contribution in [0.5, 0.6) is 0 Å². The topological polar surface area (TPSA) is 107 Å². The number of nitrogens with two attached hydrogens (primary N) is 1. The molecule has 1 atom stereocenters. The SMILES string of the molecule is N=C(N)C(O)(Cc1ccccc1)C(=O)O. The van der Waals surface area contributed by atoms with Gasteiger partial charge in [0.1, 0.15) is 5.84 Å². The summed E-state index contributed by atoms with van der Waals surface area (Å²) in [6.45, 7) is 0. The smallest absolute Gasteiger partial charge is 0.344 e. The molecule has 0 aromatic heterocycles. The van der Waals surface area contributed by atoms with Crippen LogP contribution in [0.25, 0.3) is 0 Å². The van der Waals surface area contributed by atoms with E-state index in [2.05, 4.69) is 0 Å². The molecule has 5 heteroatoms.